The van der Waals surface area contributed by atoms with E-state index in [1.165, 1.54) is 0 Å². The summed E-state index contributed by atoms with van der Waals surface area (Å²) < 4.78 is 1.60. The van der Waals surface area contributed by atoms with Crippen LogP contribution in [0, 0.1) is 0 Å². The molecule has 1 unspecified atom stereocenters. The number of aromatic nitrogens is 4. The van der Waals surface area contributed by atoms with Crippen LogP contribution < -0.4 is 4.90 Å². The summed E-state index contributed by atoms with van der Waals surface area (Å²) in [5.41, 5.74) is -0.0962. The molecule has 1 aromatic heterocycles. The van der Waals surface area contributed by atoms with Crippen molar-refractivity contribution in [3.63, 3.8) is 0 Å². The van der Waals surface area contributed by atoms with Crippen molar-refractivity contribution in [3.05, 3.63) is 30.3 Å². The van der Waals surface area contributed by atoms with Crippen LogP contribution in [0.5, 0.6) is 0 Å². The second-order valence-corrected chi connectivity index (χ2v) is 5.17. The second-order valence-electron chi connectivity index (χ2n) is 5.17. The third kappa shape index (κ3) is 2.05. The summed E-state index contributed by atoms with van der Waals surface area (Å²) in [6.07, 6.45) is 1.95. The van der Waals surface area contributed by atoms with Gasteiger partial charge in [-0.05, 0) is 41.8 Å². The summed E-state index contributed by atoms with van der Waals surface area (Å²) in [4.78, 5) is 13.6. The fourth-order valence-electron chi connectivity index (χ4n) is 3.00. The maximum atomic E-state index is 11.8. The lowest BCUT2D eigenvalue weighted by molar-refractivity contribution is -0.143. The van der Waals surface area contributed by atoms with Crippen LogP contribution in [-0.4, -0.2) is 43.4 Å². The molecule has 1 atom stereocenters. The van der Waals surface area contributed by atoms with Gasteiger partial charge in [0, 0.05) is 6.54 Å². The minimum absolute atomic E-state index is 0.489. The minimum Gasteiger partial charge on any atom is -0.479 e. The third-order valence-electron chi connectivity index (χ3n) is 4.17. The number of carboxylic acids is 1. The van der Waals surface area contributed by atoms with Crippen LogP contribution in [0.1, 0.15) is 26.2 Å². The van der Waals surface area contributed by atoms with Crippen LogP contribution in [0.4, 0.5) is 5.95 Å². The Kier molecular flexibility index (Phi) is 3.32. The summed E-state index contributed by atoms with van der Waals surface area (Å²) in [5, 5.41) is 21.5. The molecule has 7 heteroatoms. The molecule has 7 nitrogen and oxygen atoms in total. The van der Waals surface area contributed by atoms with Crippen molar-refractivity contribution >= 4 is 11.9 Å². The van der Waals surface area contributed by atoms with Gasteiger partial charge in [-0.3, -0.25) is 0 Å². The molecule has 0 bridgehead atoms. The average Bonchev–Trinajstić information content (AvgIpc) is 3.14. The van der Waals surface area contributed by atoms with E-state index in [1.54, 1.807) is 4.68 Å². The Hall–Kier alpha value is -2.44. The SMILES string of the molecule is CCC1(C(=O)O)CCCN1c1nnnn1-c1ccccc1. The Bertz CT molecular complexity index is 642. The molecule has 1 fully saturated rings. The van der Waals surface area contributed by atoms with Gasteiger partial charge in [-0.2, -0.15) is 4.68 Å². The summed E-state index contributed by atoms with van der Waals surface area (Å²) in [7, 11) is 0. The van der Waals surface area contributed by atoms with Crippen LogP contribution in [0.2, 0.25) is 0 Å². The number of hydrogen-bond acceptors (Lipinski definition) is 5. The Morgan fingerprint density at radius 2 is 2.14 bits per heavy atom. The van der Waals surface area contributed by atoms with Gasteiger partial charge in [-0.1, -0.05) is 30.2 Å². The summed E-state index contributed by atoms with van der Waals surface area (Å²) in [6.45, 7) is 2.54. The number of tetrazole rings is 1. The van der Waals surface area contributed by atoms with Crippen molar-refractivity contribution in [3.8, 4) is 5.69 Å². The molecule has 1 N–H and O–H groups in total. The van der Waals surface area contributed by atoms with Crippen LogP contribution in [0.3, 0.4) is 0 Å². The molecule has 110 valence electrons. The van der Waals surface area contributed by atoms with Gasteiger partial charge < -0.3 is 10.0 Å². The number of para-hydroxylation sites is 1. The first-order valence-corrected chi connectivity index (χ1v) is 7.04. The Balaban J connectivity index is 2.06. The van der Waals surface area contributed by atoms with Crippen molar-refractivity contribution in [1.82, 2.24) is 20.2 Å². The highest BCUT2D eigenvalue weighted by molar-refractivity contribution is 5.83. The van der Waals surface area contributed by atoms with Crippen molar-refractivity contribution in [1.29, 1.82) is 0 Å². The maximum Gasteiger partial charge on any atom is 0.329 e. The topological polar surface area (TPSA) is 84.1 Å². The van der Waals surface area contributed by atoms with Gasteiger partial charge in [0.1, 0.15) is 5.54 Å². The molecular weight excluding hydrogens is 270 g/mol. The number of nitrogens with zero attached hydrogens (tertiary/aromatic N) is 5. The molecule has 21 heavy (non-hydrogen) atoms. The number of anilines is 1. The normalized spacial score (nSPS) is 21.7. The molecule has 1 saturated heterocycles. The predicted molar refractivity (Wildman–Crippen MR) is 76.4 cm³/mol. The molecule has 1 aliphatic rings. The first-order chi connectivity index (χ1) is 10.2. The van der Waals surface area contributed by atoms with E-state index in [1.807, 2.05) is 42.2 Å². The number of aliphatic carboxylic acids is 1. The smallest absolute Gasteiger partial charge is 0.329 e. The highest BCUT2D eigenvalue weighted by atomic mass is 16.4. The fraction of sp³-hybridized carbons (Fsp3) is 0.429. The van der Waals surface area contributed by atoms with Crippen LogP contribution >= 0.6 is 0 Å². The van der Waals surface area contributed by atoms with E-state index >= 15 is 0 Å². The standard InChI is InChI=1S/C14H17N5O2/c1-2-14(12(20)21)9-6-10-18(14)13-15-16-17-19(13)11-7-4-3-5-8-11/h3-5,7-8H,2,6,9-10H2,1H3,(H,20,21). The molecule has 0 amide bonds. The number of benzene rings is 1. The Morgan fingerprint density at radius 1 is 1.38 bits per heavy atom. The molecule has 3 rings (SSSR count). The molecule has 1 aromatic carbocycles. The molecule has 2 heterocycles. The maximum absolute atomic E-state index is 11.8. The monoisotopic (exact) mass is 287 g/mol. The lowest BCUT2D eigenvalue weighted by atomic mass is 9.93. The van der Waals surface area contributed by atoms with Gasteiger partial charge in [0.25, 0.3) is 5.95 Å². The zero-order valence-corrected chi connectivity index (χ0v) is 11.8. The highest BCUT2D eigenvalue weighted by Crippen LogP contribution is 2.36. The minimum atomic E-state index is -0.915. The zero-order chi connectivity index (χ0) is 14.9. The van der Waals surface area contributed by atoms with Crippen molar-refractivity contribution in [2.75, 3.05) is 11.4 Å². The van der Waals surface area contributed by atoms with Gasteiger partial charge in [0.2, 0.25) is 0 Å². The van der Waals surface area contributed by atoms with E-state index in [0.717, 1.165) is 12.1 Å². The predicted octanol–water partition coefficient (Wildman–Crippen LogP) is 1.50. The van der Waals surface area contributed by atoms with E-state index < -0.39 is 11.5 Å². The number of carboxylic acid groups (broad SMARTS) is 1. The van der Waals surface area contributed by atoms with Gasteiger partial charge >= 0.3 is 5.97 Å². The Morgan fingerprint density at radius 3 is 2.81 bits per heavy atom. The first-order valence-electron chi connectivity index (χ1n) is 7.04. The lowest BCUT2D eigenvalue weighted by Gasteiger charge is -2.33. The molecular formula is C14H17N5O2. The number of carbonyl (C=O) groups is 1. The third-order valence-corrected chi connectivity index (χ3v) is 4.17. The molecule has 0 aliphatic carbocycles. The quantitative estimate of drug-likeness (QED) is 0.917. The van der Waals surface area contributed by atoms with E-state index in [4.69, 9.17) is 0 Å². The van der Waals surface area contributed by atoms with Crippen LogP contribution in [0.25, 0.3) is 5.69 Å². The van der Waals surface area contributed by atoms with Crippen molar-refractivity contribution < 1.29 is 9.90 Å². The molecule has 2 aromatic rings. The van der Waals surface area contributed by atoms with Gasteiger partial charge in [0.15, 0.2) is 0 Å². The summed E-state index contributed by atoms with van der Waals surface area (Å²) in [5.74, 6) is -0.326. The largest absolute Gasteiger partial charge is 0.479 e. The molecule has 0 radical (unpaired) electrons. The number of rotatable bonds is 4. The highest BCUT2D eigenvalue weighted by Gasteiger charge is 2.48. The van der Waals surface area contributed by atoms with Gasteiger partial charge in [-0.25, -0.2) is 4.79 Å². The molecule has 0 saturated carbocycles. The van der Waals surface area contributed by atoms with Crippen molar-refractivity contribution in [2.24, 2.45) is 0 Å². The second kappa shape index (κ2) is 5.16. The summed E-state index contributed by atoms with van der Waals surface area (Å²) >= 11 is 0. The molecule has 1 aliphatic heterocycles. The van der Waals surface area contributed by atoms with Crippen LogP contribution in [0.15, 0.2) is 30.3 Å². The zero-order valence-electron chi connectivity index (χ0n) is 11.8. The van der Waals surface area contributed by atoms with E-state index in [-0.39, 0.29) is 0 Å². The summed E-state index contributed by atoms with van der Waals surface area (Å²) in [6, 6.07) is 9.50. The van der Waals surface area contributed by atoms with Crippen molar-refractivity contribution in [2.45, 2.75) is 31.7 Å². The van der Waals surface area contributed by atoms with Gasteiger partial charge in [0.05, 0.1) is 5.69 Å². The molecule has 0 spiro atoms. The van der Waals surface area contributed by atoms with Gasteiger partial charge in [-0.15, -0.1) is 0 Å². The lowest BCUT2D eigenvalue weighted by Crippen LogP contribution is -2.51. The fourth-order valence-corrected chi connectivity index (χ4v) is 3.00. The Labute approximate surface area is 122 Å². The van der Waals surface area contributed by atoms with E-state index in [0.29, 0.717) is 25.3 Å². The average molecular weight is 287 g/mol. The van der Waals surface area contributed by atoms with E-state index in [9.17, 15) is 9.90 Å². The van der Waals surface area contributed by atoms with E-state index in [2.05, 4.69) is 15.5 Å². The van der Waals surface area contributed by atoms with Crippen LogP contribution in [-0.2, 0) is 4.79 Å². The number of hydrogen-bond donors (Lipinski definition) is 1. The first kappa shape index (κ1) is 13.5.